The van der Waals surface area contributed by atoms with Gasteiger partial charge in [0.1, 0.15) is 11.6 Å². The summed E-state index contributed by atoms with van der Waals surface area (Å²) < 4.78 is 18.7. The Morgan fingerprint density at radius 3 is 2.74 bits per heavy atom. The number of aromatic nitrogens is 1. The Labute approximate surface area is 112 Å². The van der Waals surface area contributed by atoms with Crippen LogP contribution in [-0.2, 0) is 13.1 Å². The minimum Gasteiger partial charge on any atom is -0.497 e. The molecule has 0 aliphatic rings. The Balaban J connectivity index is 1.92. The summed E-state index contributed by atoms with van der Waals surface area (Å²) in [6.45, 7) is 3.03. The number of nitrogens with zero attached hydrogens (tertiary/aromatic N) is 1. The van der Waals surface area contributed by atoms with Gasteiger partial charge in [0, 0.05) is 30.4 Å². The molecule has 100 valence electrons. The van der Waals surface area contributed by atoms with Gasteiger partial charge in [0.05, 0.1) is 12.8 Å². The van der Waals surface area contributed by atoms with E-state index in [0.717, 1.165) is 11.4 Å². The maximum absolute atomic E-state index is 13.7. The quantitative estimate of drug-likeness (QED) is 0.897. The van der Waals surface area contributed by atoms with Crippen molar-refractivity contribution in [1.82, 2.24) is 10.3 Å². The van der Waals surface area contributed by atoms with Crippen LogP contribution < -0.4 is 10.1 Å². The third-order valence-electron chi connectivity index (χ3n) is 2.83. The normalized spacial score (nSPS) is 10.5. The fraction of sp³-hybridized carbons (Fsp3) is 0.267. The monoisotopic (exact) mass is 260 g/mol. The van der Waals surface area contributed by atoms with E-state index in [1.54, 1.807) is 12.1 Å². The van der Waals surface area contributed by atoms with Crippen LogP contribution in [0.25, 0.3) is 0 Å². The van der Waals surface area contributed by atoms with Crippen LogP contribution in [0.15, 0.2) is 36.4 Å². The molecule has 1 aromatic heterocycles. The smallest absolute Gasteiger partial charge is 0.131 e. The second-order valence-corrected chi connectivity index (χ2v) is 4.33. The number of benzene rings is 1. The summed E-state index contributed by atoms with van der Waals surface area (Å²) in [5.41, 5.74) is 2.55. The molecule has 0 amide bonds. The molecular weight excluding hydrogens is 243 g/mol. The zero-order valence-electron chi connectivity index (χ0n) is 11.1. The zero-order valence-corrected chi connectivity index (χ0v) is 11.1. The molecule has 0 bridgehead atoms. The molecule has 1 N–H and O–H groups in total. The number of halogens is 1. The van der Waals surface area contributed by atoms with Crippen molar-refractivity contribution in [3.63, 3.8) is 0 Å². The van der Waals surface area contributed by atoms with E-state index in [4.69, 9.17) is 4.74 Å². The first-order valence-electron chi connectivity index (χ1n) is 6.14. The fourth-order valence-corrected chi connectivity index (χ4v) is 1.82. The number of hydrogen-bond donors (Lipinski definition) is 1. The van der Waals surface area contributed by atoms with Crippen molar-refractivity contribution >= 4 is 0 Å². The van der Waals surface area contributed by atoms with Gasteiger partial charge in [0.25, 0.3) is 0 Å². The van der Waals surface area contributed by atoms with Crippen LogP contribution in [0, 0.1) is 12.7 Å². The number of hydrogen-bond acceptors (Lipinski definition) is 3. The molecule has 0 unspecified atom stereocenters. The Morgan fingerprint density at radius 1 is 1.21 bits per heavy atom. The Bertz CT molecular complexity index is 558. The van der Waals surface area contributed by atoms with Crippen LogP contribution in [0.4, 0.5) is 4.39 Å². The molecule has 4 heteroatoms. The SMILES string of the molecule is COc1ccc(CNCc2cccc(C)n2)c(F)c1. The Morgan fingerprint density at radius 2 is 2.05 bits per heavy atom. The molecule has 3 nitrogen and oxygen atoms in total. The van der Waals surface area contributed by atoms with Gasteiger partial charge in [-0.1, -0.05) is 12.1 Å². The van der Waals surface area contributed by atoms with Crippen molar-refractivity contribution in [3.05, 3.63) is 59.2 Å². The summed E-state index contributed by atoms with van der Waals surface area (Å²) in [5, 5.41) is 3.18. The van der Waals surface area contributed by atoms with Crippen molar-refractivity contribution in [3.8, 4) is 5.75 Å². The lowest BCUT2D eigenvalue weighted by atomic mass is 10.2. The number of ether oxygens (including phenoxy) is 1. The van der Waals surface area contributed by atoms with Crippen LogP contribution >= 0.6 is 0 Å². The topological polar surface area (TPSA) is 34.1 Å². The second-order valence-electron chi connectivity index (χ2n) is 4.33. The lowest BCUT2D eigenvalue weighted by molar-refractivity contribution is 0.410. The second kappa shape index (κ2) is 6.29. The van der Waals surface area contributed by atoms with Gasteiger partial charge >= 0.3 is 0 Å². The van der Waals surface area contributed by atoms with E-state index >= 15 is 0 Å². The first-order chi connectivity index (χ1) is 9.19. The third-order valence-corrected chi connectivity index (χ3v) is 2.83. The summed E-state index contributed by atoms with van der Waals surface area (Å²) in [5.74, 6) is 0.269. The van der Waals surface area contributed by atoms with E-state index in [1.807, 2.05) is 25.1 Å². The van der Waals surface area contributed by atoms with Gasteiger partial charge in [-0.05, 0) is 25.1 Å². The summed E-state index contributed by atoms with van der Waals surface area (Å²) in [7, 11) is 1.52. The van der Waals surface area contributed by atoms with E-state index < -0.39 is 0 Å². The first kappa shape index (κ1) is 13.5. The minimum absolute atomic E-state index is 0.260. The third kappa shape index (κ3) is 3.76. The van der Waals surface area contributed by atoms with Crippen molar-refractivity contribution < 1.29 is 9.13 Å². The average Bonchev–Trinajstić information content (AvgIpc) is 2.40. The molecule has 1 heterocycles. The molecule has 0 atom stereocenters. The van der Waals surface area contributed by atoms with Gasteiger partial charge < -0.3 is 10.1 Å². The summed E-state index contributed by atoms with van der Waals surface area (Å²) in [6.07, 6.45) is 0. The van der Waals surface area contributed by atoms with Gasteiger partial charge in [-0.15, -0.1) is 0 Å². The maximum atomic E-state index is 13.7. The predicted molar refractivity (Wildman–Crippen MR) is 72.5 cm³/mol. The van der Waals surface area contributed by atoms with Crippen LogP contribution in [-0.4, -0.2) is 12.1 Å². The van der Waals surface area contributed by atoms with Gasteiger partial charge in [-0.2, -0.15) is 0 Å². The first-order valence-corrected chi connectivity index (χ1v) is 6.14. The summed E-state index contributed by atoms with van der Waals surface area (Å²) >= 11 is 0. The van der Waals surface area contributed by atoms with E-state index in [1.165, 1.54) is 13.2 Å². The number of aryl methyl sites for hydroxylation is 1. The van der Waals surface area contributed by atoms with E-state index in [-0.39, 0.29) is 5.82 Å². The molecule has 0 aliphatic carbocycles. The molecule has 2 rings (SSSR count). The lowest BCUT2D eigenvalue weighted by Gasteiger charge is -2.07. The van der Waals surface area contributed by atoms with Gasteiger partial charge in [0.2, 0.25) is 0 Å². The number of pyridine rings is 1. The number of methoxy groups -OCH3 is 1. The average molecular weight is 260 g/mol. The Hall–Kier alpha value is -1.94. The van der Waals surface area contributed by atoms with Gasteiger partial charge in [0.15, 0.2) is 0 Å². The summed E-state index contributed by atoms with van der Waals surface area (Å²) in [6, 6.07) is 10.7. The van der Waals surface area contributed by atoms with Gasteiger partial charge in [-0.3, -0.25) is 4.98 Å². The molecule has 0 radical (unpaired) electrons. The van der Waals surface area contributed by atoms with Crippen molar-refractivity contribution in [2.75, 3.05) is 7.11 Å². The van der Waals surface area contributed by atoms with E-state index in [9.17, 15) is 4.39 Å². The predicted octanol–water partition coefficient (Wildman–Crippen LogP) is 2.83. The van der Waals surface area contributed by atoms with Crippen LogP contribution in [0.1, 0.15) is 17.0 Å². The fourth-order valence-electron chi connectivity index (χ4n) is 1.82. The molecule has 2 aromatic rings. The zero-order chi connectivity index (χ0) is 13.7. The van der Waals surface area contributed by atoms with Crippen molar-refractivity contribution in [2.45, 2.75) is 20.0 Å². The van der Waals surface area contributed by atoms with Crippen LogP contribution in [0.3, 0.4) is 0 Å². The molecule has 19 heavy (non-hydrogen) atoms. The molecule has 0 saturated heterocycles. The molecule has 0 fully saturated rings. The number of nitrogens with one attached hydrogen (secondary N) is 1. The highest BCUT2D eigenvalue weighted by Crippen LogP contribution is 2.16. The maximum Gasteiger partial charge on any atom is 0.131 e. The molecular formula is C15H17FN2O. The molecule has 1 aromatic carbocycles. The summed E-state index contributed by atoms with van der Waals surface area (Å²) in [4.78, 5) is 4.38. The molecule has 0 saturated carbocycles. The van der Waals surface area contributed by atoms with E-state index in [2.05, 4.69) is 10.3 Å². The molecule has 0 aliphatic heterocycles. The van der Waals surface area contributed by atoms with Crippen LogP contribution in [0.2, 0.25) is 0 Å². The number of rotatable bonds is 5. The van der Waals surface area contributed by atoms with Crippen molar-refractivity contribution in [2.24, 2.45) is 0 Å². The van der Waals surface area contributed by atoms with Crippen molar-refractivity contribution in [1.29, 1.82) is 0 Å². The molecule has 0 spiro atoms. The minimum atomic E-state index is -0.260. The van der Waals surface area contributed by atoms with Gasteiger partial charge in [-0.25, -0.2) is 4.39 Å². The highest BCUT2D eigenvalue weighted by Gasteiger charge is 2.03. The largest absolute Gasteiger partial charge is 0.497 e. The highest BCUT2D eigenvalue weighted by atomic mass is 19.1. The van der Waals surface area contributed by atoms with Crippen LogP contribution in [0.5, 0.6) is 5.75 Å². The lowest BCUT2D eigenvalue weighted by Crippen LogP contribution is -2.14. The van der Waals surface area contributed by atoms with E-state index in [0.29, 0.717) is 24.4 Å². The standard InChI is InChI=1S/C15H17FN2O/c1-11-4-3-5-13(18-11)10-17-9-12-6-7-14(19-2)8-15(12)16/h3-8,17H,9-10H2,1-2H3. The Kier molecular flexibility index (Phi) is 4.47. The highest BCUT2D eigenvalue weighted by molar-refractivity contribution is 5.28.